The van der Waals surface area contributed by atoms with Crippen molar-refractivity contribution >= 4 is 11.4 Å². The number of hydrogen-bond donors (Lipinski definition) is 2. The maximum Gasteiger partial charge on any atom is 0.263 e. The van der Waals surface area contributed by atoms with Crippen LogP contribution in [0.25, 0.3) is 0 Å². The van der Waals surface area contributed by atoms with E-state index in [1.165, 1.54) is 37.0 Å². The standard InChI is InChI=1S/C14H18F2N2/c15-14(16)11-5-6-13(12(17)9-11)18-8-7-10-3-1-2-4-10/h3,5-6,9,14,18H,1-2,4,7-8,17H2. The monoisotopic (exact) mass is 252 g/mol. The molecule has 0 bridgehead atoms. The summed E-state index contributed by atoms with van der Waals surface area (Å²) < 4.78 is 24.9. The molecule has 1 aliphatic rings. The Morgan fingerprint density at radius 1 is 1.33 bits per heavy atom. The first kappa shape index (κ1) is 12.9. The summed E-state index contributed by atoms with van der Waals surface area (Å²) in [5.74, 6) is 0. The van der Waals surface area contributed by atoms with Crippen LogP contribution in [0.3, 0.4) is 0 Å². The second-order valence-electron chi connectivity index (χ2n) is 4.58. The predicted octanol–water partition coefficient (Wildman–Crippen LogP) is 4.12. The molecule has 18 heavy (non-hydrogen) atoms. The van der Waals surface area contributed by atoms with Crippen LogP contribution >= 0.6 is 0 Å². The van der Waals surface area contributed by atoms with Crippen LogP contribution in [-0.2, 0) is 0 Å². The van der Waals surface area contributed by atoms with Crippen molar-refractivity contribution in [2.24, 2.45) is 0 Å². The summed E-state index contributed by atoms with van der Waals surface area (Å²) in [4.78, 5) is 0. The lowest BCUT2D eigenvalue weighted by atomic mass is 10.1. The normalized spacial score (nSPS) is 14.9. The zero-order valence-electron chi connectivity index (χ0n) is 10.3. The number of rotatable bonds is 5. The highest BCUT2D eigenvalue weighted by atomic mass is 19.3. The lowest BCUT2D eigenvalue weighted by Gasteiger charge is -2.11. The van der Waals surface area contributed by atoms with Crippen LogP contribution in [-0.4, -0.2) is 6.54 Å². The Balaban J connectivity index is 1.89. The van der Waals surface area contributed by atoms with Gasteiger partial charge in [0.25, 0.3) is 6.43 Å². The average molecular weight is 252 g/mol. The Kier molecular flexibility index (Phi) is 4.18. The molecule has 0 aliphatic heterocycles. The first-order chi connectivity index (χ1) is 8.66. The molecule has 1 aliphatic carbocycles. The molecule has 0 aromatic heterocycles. The van der Waals surface area contributed by atoms with Gasteiger partial charge in [-0.1, -0.05) is 17.7 Å². The minimum Gasteiger partial charge on any atom is -0.397 e. The van der Waals surface area contributed by atoms with Crippen LogP contribution in [0, 0.1) is 0 Å². The van der Waals surface area contributed by atoms with E-state index < -0.39 is 6.43 Å². The smallest absolute Gasteiger partial charge is 0.263 e. The molecule has 98 valence electrons. The van der Waals surface area contributed by atoms with Gasteiger partial charge in [0.1, 0.15) is 0 Å². The molecule has 2 nitrogen and oxygen atoms in total. The van der Waals surface area contributed by atoms with E-state index in [0.29, 0.717) is 5.69 Å². The molecular weight excluding hydrogens is 234 g/mol. The van der Waals surface area contributed by atoms with Crippen molar-refractivity contribution in [3.8, 4) is 0 Å². The zero-order valence-corrected chi connectivity index (χ0v) is 10.3. The molecule has 0 amide bonds. The SMILES string of the molecule is Nc1cc(C(F)F)ccc1NCCC1=CCCC1. The third-order valence-corrected chi connectivity index (χ3v) is 3.22. The Morgan fingerprint density at radius 2 is 2.17 bits per heavy atom. The largest absolute Gasteiger partial charge is 0.397 e. The second-order valence-corrected chi connectivity index (χ2v) is 4.58. The van der Waals surface area contributed by atoms with Crippen molar-refractivity contribution in [1.82, 2.24) is 0 Å². The van der Waals surface area contributed by atoms with Crippen molar-refractivity contribution in [2.45, 2.75) is 32.1 Å². The van der Waals surface area contributed by atoms with Gasteiger partial charge in [0, 0.05) is 12.1 Å². The van der Waals surface area contributed by atoms with E-state index in [9.17, 15) is 8.78 Å². The van der Waals surface area contributed by atoms with Gasteiger partial charge in [-0.25, -0.2) is 8.78 Å². The fraction of sp³-hybridized carbons (Fsp3) is 0.429. The summed E-state index contributed by atoms with van der Waals surface area (Å²) in [7, 11) is 0. The molecule has 0 spiro atoms. The van der Waals surface area contributed by atoms with Crippen molar-refractivity contribution in [3.05, 3.63) is 35.4 Å². The van der Waals surface area contributed by atoms with Crippen LogP contribution < -0.4 is 11.1 Å². The Morgan fingerprint density at radius 3 is 2.78 bits per heavy atom. The van der Waals surface area contributed by atoms with Crippen molar-refractivity contribution < 1.29 is 8.78 Å². The minimum absolute atomic E-state index is 0.0310. The third kappa shape index (κ3) is 3.22. The zero-order chi connectivity index (χ0) is 13.0. The number of nitrogens with two attached hydrogens (primary N) is 1. The summed E-state index contributed by atoms with van der Waals surface area (Å²) in [6.07, 6.45) is 4.42. The number of hydrogen-bond acceptors (Lipinski definition) is 2. The fourth-order valence-corrected chi connectivity index (χ4v) is 2.20. The van der Waals surface area contributed by atoms with E-state index in [0.717, 1.165) is 18.7 Å². The van der Waals surface area contributed by atoms with Crippen LogP contribution in [0.2, 0.25) is 0 Å². The molecule has 0 saturated heterocycles. The van der Waals surface area contributed by atoms with Crippen molar-refractivity contribution in [2.75, 3.05) is 17.6 Å². The van der Waals surface area contributed by atoms with Gasteiger partial charge in [-0.05, 0) is 37.8 Å². The van der Waals surface area contributed by atoms with E-state index in [1.807, 2.05) is 0 Å². The summed E-state index contributed by atoms with van der Waals surface area (Å²) in [6.45, 7) is 0.796. The number of nitrogen functional groups attached to an aromatic ring is 1. The van der Waals surface area contributed by atoms with E-state index in [2.05, 4.69) is 11.4 Å². The van der Waals surface area contributed by atoms with Gasteiger partial charge in [-0.15, -0.1) is 0 Å². The van der Waals surface area contributed by atoms with Gasteiger partial charge in [0.05, 0.1) is 11.4 Å². The molecule has 0 unspecified atom stereocenters. The van der Waals surface area contributed by atoms with E-state index in [1.54, 1.807) is 6.07 Å². The Bertz CT molecular complexity index is 441. The van der Waals surface area contributed by atoms with Gasteiger partial charge in [-0.3, -0.25) is 0 Å². The average Bonchev–Trinajstić information content (AvgIpc) is 2.84. The van der Waals surface area contributed by atoms with Gasteiger partial charge >= 0.3 is 0 Å². The van der Waals surface area contributed by atoms with Gasteiger partial charge in [0.2, 0.25) is 0 Å². The number of allylic oxidation sites excluding steroid dienone is 1. The summed E-state index contributed by atoms with van der Waals surface area (Å²) in [6, 6.07) is 4.37. The molecule has 1 aromatic carbocycles. The maximum atomic E-state index is 12.5. The number of nitrogens with one attached hydrogen (secondary N) is 1. The van der Waals surface area contributed by atoms with E-state index >= 15 is 0 Å². The summed E-state index contributed by atoms with van der Waals surface area (Å²) in [5.41, 5.74) is 8.31. The number of anilines is 2. The maximum absolute atomic E-state index is 12.5. The van der Waals surface area contributed by atoms with Crippen molar-refractivity contribution in [3.63, 3.8) is 0 Å². The second kappa shape index (κ2) is 5.85. The Labute approximate surface area is 106 Å². The molecule has 0 atom stereocenters. The summed E-state index contributed by atoms with van der Waals surface area (Å²) >= 11 is 0. The number of halogens is 2. The Hall–Kier alpha value is -1.58. The number of alkyl halides is 2. The molecular formula is C14H18F2N2. The highest BCUT2D eigenvalue weighted by Crippen LogP contribution is 2.26. The van der Waals surface area contributed by atoms with E-state index in [-0.39, 0.29) is 5.56 Å². The molecule has 1 aromatic rings. The van der Waals surface area contributed by atoms with Crippen LogP contribution in [0.1, 0.15) is 37.7 Å². The van der Waals surface area contributed by atoms with Crippen molar-refractivity contribution in [1.29, 1.82) is 0 Å². The minimum atomic E-state index is -2.47. The van der Waals surface area contributed by atoms with Crippen LogP contribution in [0.4, 0.5) is 20.2 Å². The predicted molar refractivity (Wildman–Crippen MR) is 70.9 cm³/mol. The van der Waals surface area contributed by atoms with Gasteiger partial charge in [-0.2, -0.15) is 0 Å². The highest BCUT2D eigenvalue weighted by molar-refractivity contribution is 5.67. The molecule has 0 heterocycles. The van der Waals surface area contributed by atoms with E-state index in [4.69, 9.17) is 5.73 Å². The lowest BCUT2D eigenvalue weighted by Crippen LogP contribution is -2.05. The van der Waals surface area contributed by atoms with Gasteiger partial charge < -0.3 is 11.1 Å². The number of benzene rings is 1. The fourth-order valence-electron chi connectivity index (χ4n) is 2.20. The molecule has 2 rings (SSSR count). The lowest BCUT2D eigenvalue weighted by molar-refractivity contribution is 0.151. The molecule has 0 fully saturated rings. The van der Waals surface area contributed by atoms with Crippen LogP contribution in [0.5, 0.6) is 0 Å². The molecule has 0 saturated carbocycles. The third-order valence-electron chi connectivity index (χ3n) is 3.22. The topological polar surface area (TPSA) is 38.0 Å². The first-order valence-electron chi connectivity index (χ1n) is 6.26. The first-order valence-corrected chi connectivity index (χ1v) is 6.26. The quantitative estimate of drug-likeness (QED) is 0.611. The van der Waals surface area contributed by atoms with Gasteiger partial charge in [0.15, 0.2) is 0 Å². The summed E-state index contributed by atoms with van der Waals surface area (Å²) in [5, 5.41) is 3.20. The molecule has 0 radical (unpaired) electrons. The highest BCUT2D eigenvalue weighted by Gasteiger charge is 2.09. The molecule has 4 heteroatoms. The molecule has 3 N–H and O–H groups in total. The van der Waals surface area contributed by atoms with Crippen LogP contribution in [0.15, 0.2) is 29.8 Å².